The van der Waals surface area contributed by atoms with Crippen LogP contribution in [0.3, 0.4) is 0 Å². The summed E-state index contributed by atoms with van der Waals surface area (Å²) in [6.07, 6.45) is 0.303. The van der Waals surface area contributed by atoms with E-state index in [2.05, 4.69) is 4.52 Å². The number of benzene rings is 2. The molecule has 0 saturated heterocycles. The van der Waals surface area contributed by atoms with E-state index in [9.17, 15) is 14.8 Å². The third-order valence-electron chi connectivity index (χ3n) is 2.70. The summed E-state index contributed by atoms with van der Waals surface area (Å²) in [7, 11) is -9.03. The zero-order chi connectivity index (χ0) is 21.1. The number of para-hydroxylation sites is 1. The van der Waals surface area contributed by atoms with Crippen molar-refractivity contribution in [3.63, 3.8) is 0 Å². The van der Waals surface area contributed by atoms with Gasteiger partial charge >= 0.3 is 15.6 Å². The van der Waals surface area contributed by atoms with Gasteiger partial charge in [-0.25, -0.2) is 9.13 Å². The fourth-order valence-corrected chi connectivity index (χ4v) is 1.92. The topological polar surface area (TPSA) is 185 Å². The van der Waals surface area contributed by atoms with Crippen LogP contribution in [-0.2, 0) is 14.9 Å². The summed E-state index contributed by atoms with van der Waals surface area (Å²) in [6, 6.07) is 16.7. The minimum Gasteiger partial charge on any atom is -0.404 e. The smallest absolute Gasteiger partial charge is 0.404 e. The van der Waals surface area contributed by atoms with Gasteiger partial charge in [-0.3, -0.25) is 9.79 Å². The van der Waals surface area contributed by atoms with E-state index in [1.165, 1.54) is 12.1 Å². The van der Waals surface area contributed by atoms with Gasteiger partial charge in [0.1, 0.15) is 5.75 Å². The lowest BCUT2D eigenvalue weighted by Crippen LogP contribution is -2.23. The molecule has 0 bridgehead atoms. The maximum atomic E-state index is 10.3. The minimum atomic E-state index is -4.64. The van der Waals surface area contributed by atoms with Gasteiger partial charge < -0.3 is 29.4 Å². The van der Waals surface area contributed by atoms with Crippen molar-refractivity contribution in [2.24, 2.45) is 0 Å². The van der Waals surface area contributed by atoms with Crippen LogP contribution in [0, 0.1) is 0 Å². The Hall–Kier alpha value is -1.58. The average molecular weight is 424 g/mol. The lowest BCUT2D eigenvalue weighted by molar-refractivity contribution is -0.171. The Morgan fingerprint density at radius 3 is 1.52 bits per heavy atom. The highest BCUT2D eigenvalue weighted by molar-refractivity contribution is 7.46. The number of hydrogen-bond donors (Lipinski definition) is 7. The molecular formula is C15H22O10P2. The Morgan fingerprint density at radius 1 is 0.815 bits per heavy atom. The molecule has 0 atom stereocenters. The zero-order valence-electron chi connectivity index (χ0n) is 14.2. The van der Waals surface area contributed by atoms with Gasteiger partial charge in [-0.15, -0.1) is 0 Å². The van der Waals surface area contributed by atoms with Gasteiger partial charge in [-0.2, -0.15) is 0 Å². The summed E-state index contributed by atoms with van der Waals surface area (Å²) in [5, 5.41) is 18.7. The Kier molecular flexibility index (Phi) is 10.6. The quantitative estimate of drug-likeness (QED) is 0.280. The maximum absolute atomic E-state index is 10.3. The predicted octanol–water partition coefficient (Wildman–Crippen LogP) is 1.46. The van der Waals surface area contributed by atoms with E-state index < -0.39 is 21.4 Å². The molecule has 0 fully saturated rings. The van der Waals surface area contributed by atoms with E-state index in [-0.39, 0.29) is 5.75 Å². The third kappa shape index (κ3) is 15.2. The molecule has 12 heteroatoms. The van der Waals surface area contributed by atoms with E-state index in [1.807, 2.05) is 6.07 Å². The van der Waals surface area contributed by atoms with Crippen molar-refractivity contribution in [2.45, 2.75) is 19.1 Å². The fraction of sp³-hybridized carbons (Fsp3) is 0.200. The molecule has 152 valence electrons. The second kappa shape index (κ2) is 11.3. The summed E-state index contributed by atoms with van der Waals surface area (Å²) >= 11 is 0. The highest BCUT2D eigenvalue weighted by Crippen LogP contribution is 2.36. The summed E-state index contributed by atoms with van der Waals surface area (Å²) in [6.45, 7) is 1.73. The monoisotopic (exact) mass is 424 g/mol. The number of hydrogen-bond acceptors (Lipinski definition) is 5. The average Bonchev–Trinajstić information content (AvgIpc) is 2.54. The van der Waals surface area contributed by atoms with E-state index >= 15 is 0 Å². The molecule has 0 aliphatic heterocycles. The largest absolute Gasteiger partial charge is 0.524 e. The molecule has 0 spiro atoms. The fourth-order valence-electron chi connectivity index (χ4n) is 1.53. The molecule has 0 aromatic heterocycles. The number of phosphoric acid groups is 2. The van der Waals surface area contributed by atoms with Crippen LogP contribution in [0.1, 0.15) is 18.9 Å². The second-order valence-electron chi connectivity index (χ2n) is 4.94. The van der Waals surface area contributed by atoms with Crippen LogP contribution in [-0.4, -0.2) is 34.7 Å². The normalized spacial score (nSPS) is 11.4. The van der Waals surface area contributed by atoms with Gasteiger partial charge in [0.25, 0.3) is 0 Å². The first-order chi connectivity index (χ1) is 12.2. The van der Waals surface area contributed by atoms with Crippen molar-refractivity contribution in [1.29, 1.82) is 0 Å². The summed E-state index contributed by atoms with van der Waals surface area (Å²) in [5.74, 6) is -1.50. The molecule has 0 unspecified atom stereocenters. The van der Waals surface area contributed by atoms with Crippen molar-refractivity contribution in [3.8, 4) is 5.75 Å². The molecule has 27 heavy (non-hydrogen) atoms. The molecule has 10 nitrogen and oxygen atoms in total. The zero-order valence-corrected chi connectivity index (χ0v) is 16.0. The van der Waals surface area contributed by atoms with Gasteiger partial charge in [-0.05, 0) is 12.1 Å². The standard InChI is InChI=1S/C9H12O2.C6H7O4P.H3O4P/c1-2-9(10,11)8-6-4-3-5-7-8;7-11(8,9)10-6-4-2-1-3-5-6;1-5(2,3)4/h3-7,10-11H,2H2,1H3;1-5H,(H2,7,8,9);(H3,1,2,3,4). The Labute approximate surface area is 155 Å². The first kappa shape index (κ1) is 25.4. The van der Waals surface area contributed by atoms with E-state index in [1.54, 1.807) is 49.4 Å². The SMILES string of the molecule is CCC(O)(O)c1ccccc1.O=P(O)(O)O.O=P(O)(O)Oc1ccccc1. The molecule has 2 aromatic rings. The number of rotatable bonds is 4. The molecule has 0 radical (unpaired) electrons. The van der Waals surface area contributed by atoms with E-state index in [4.69, 9.17) is 29.0 Å². The summed E-state index contributed by atoms with van der Waals surface area (Å²) < 4.78 is 23.4. The van der Waals surface area contributed by atoms with E-state index in [0.29, 0.717) is 12.0 Å². The summed E-state index contributed by atoms with van der Waals surface area (Å²) in [5.41, 5.74) is 0.544. The van der Waals surface area contributed by atoms with Crippen LogP contribution in [0.25, 0.3) is 0 Å². The molecule has 2 rings (SSSR count). The summed E-state index contributed by atoms with van der Waals surface area (Å²) in [4.78, 5) is 38.3. The maximum Gasteiger partial charge on any atom is 0.524 e. The van der Waals surface area contributed by atoms with Crippen molar-refractivity contribution >= 4 is 15.6 Å². The Morgan fingerprint density at radius 2 is 1.19 bits per heavy atom. The van der Waals surface area contributed by atoms with Gasteiger partial charge in [0.2, 0.25) is 0 Å². The first-order valence-electron chi connectivity index (χ1n) is 7.33. The third-order valence-corrected chi connectivity index (χ3v) is 3.15. The molecule has 0 amide bonds. The Bertz CT molecular complexity index is 731. The van der Waals surface area contributed by atoms with Crippen LogP contribution in [0.4, 0.5) is 0 Å². The van der Waals surface area contributed by atoms with Crippen molar-refractivity contribution < 1.29 is 48.3 Å². The molecule has 0 saturated carbocycles. The Balaban J connectivity index is 0.000000405. The van der Waals surface area contributed by atoms with Gasteiger partial charge in [0.05, 0.1) is 0 Å². The van der Waals surface area contributed by atoms with Crippen molar-refractivity contribution in [1.82, 2.24) is 0 Å². The number of aliphatic hydroxyl groups is 2. The van der Waals surface area contributed by atoms with Crippen LogP contribution >= 0.6 is 15.6 Å². The minimum absolute atomic E-state index is 0.167. The molecule has 0 aliphatic carbocycles. The lowest BCUT2D eigenvalue weighted by Gasteiger charge is -2.19. The van der Waals surface area contributed by atoms with Crippen LogP contribution < -0.4 is 4.52 Å². The first-order valence-corrected chi connectivity index (χ1v) is 10.4. The van der Waals surface area contributed by atoms with Crippen molar-refractivity contribution in [2.75, 3.05) is 0 Å². The van der Waals surface area contributed by atoms with Crippen LogP contribution in [0.15, 0.2) is 60.7 Å². The number of phosphoric ester groups is 1. The van der Waals surface area contributed by atoms with Crippen molar-refractivity contribution in [3.05, 3.63) is 66.2 Å². The highest BCUT2D eigenvalue weighted by Gasteiger charge is 2.21. The van der Waals surface area contributed by atoms with Crippen LogP contribution in [0.5, 0.6) is 5.75 Å². The highest BCUT2D eigenvalue weighted by atomic mass is 31.2. The second-order valence-corrected chi connectivity index (χ2v) is 7.13. The molecule has 0 heterocycles. The van der Waals surface area contributed by atoms with Crippen LogP contribution in [0.2, 0.25) is 0 Å². The molecule has 0 aliphatic rings. The van der Waals surface area contributed by atoms with E-state index in [0.717, 1.165) is 0 Å². The molecule has 2 aromatic carbocycles. The molecule has 7 N–H and O–H groups in total. The molecular weight excluding hydrogens is 402 g/mol. The van der Waals surface area contributed by atoms with Gasteiger partial charge in [-0.1, -0.05) is 55.5 Å². The van der Waals surface area contributed by atoms with Gasteiger partial charge in [0.15, 0.2) is 5.79 Å². The predicted molar refractivity (Wildman–Crippen MR) is 96.2 cm³/mol. The van der Waals surface area contributed by atoms with Gasteiger partial charge in [0, 0.05) is 12.0 Å². The lowest BCUT2D eigenvalue weighted by atomic mass is 10.0.